The number of carbonyl (C=O) groups is 2. The molecule has 0 aliphatic carbocycles. The van der Waals surface area contributed by atoms with Crippen LogP contribution in [-0.4, -0.2) is 72.7 Å². The van der Waals surface area contributed by atoms with E-state index < -0.39 is 8.32 Å². The largest absolute Gasteiger partial charge is 0.493 e. The molecule has 0 N–H and O–H groups in total. The van der Waals surface area contributed by atoms with Gasteiger partial charge in [-0.25, -0.2) is 0 Å². The molecule has 9 heteroatoms. The number of nitrogens with zero attached hydrogens (tertiary/aromatic N) is 1. The van der Waals surface area contributed by atoms with Crippen molar-refractivity contribution >= 4 is 20.2 Å². The minimum absolute atomic E-state index is 0.108. The smallest absolute Gasteiger partial charge is 0.305 e. The summed E-state index contributed by atoms with van der Waals surface area (Å²) in [5, 5.41) is 0.108. The molecule has 2 aromatic rings. The highest BCUT2D eigenvalue weighted by Crippen LogP contribution is 2.39. The monoisotopic (exact) mass is 587 g/mol. The first-order valence-corrected chi connectivity index (χ1v) is 17.3. The molecule has 2 rings (SSSR count). The third-order valence-corrected chi connectivity index (χ3v) is 12.2. The Morgan fingerprint density at radius 1 is 0.854 bits per heavy atom. The van der Waals surface area contributed by atoms with Gasteiger partial charge in [0.05, 0.1) is 27.9 Å². The van der Waals surface area contributed by atoms with Crippen LogP contribution in [0.5, 0.6) is 17.2 Å². The van der Waals surface area contributed by atoms with E-state index in [9.17, 15) is 9.59 Å². The standard InChI is InChI=1S/C32H49NO7Si/c1-32(2,3)41(7,8)40-22-21-39-30-27(36-4)23-26(24-28(30)37-5)31(35)33(19-13-12-18-29(34)38-6)20-14-17-25-15-10-9-11-16-25/h9-11,15-16,23-24H,12-14,17-22H2,1-8H3. The number of amides is 1. The van der Waals surface area contributed by atoms with Gasteiger partial charge in [0.1, 0.15) is 6.61 Å². The van der Waals surface area contributed by atoms with E-state index in [2.05, 4.69) is 46.0 Å². The molecule has 0 unspecified atom stereocenters. The van der Waals surface area contributed by atoms with Gasteiger partial charge >= 0.3 is 5.97 Å². The molecule has 0 aliphatic heterocycles. The van der Waals surface area contributed by atoms with Crippen molar-refractivity contribution in [2.45, 2.75) is 71.0 Å². The Kier molecular flexibility index (Phi) is 13.7. The summed E-state index contributed by atoms with van der Waals surface area (Å²) in [6.45, 7) is 12.9. The molecular weight excluding hydrogens is 538 g/mol. The van der Waals surface area contributed by atoms with Crippen LogP contribution < -0.4 is 14.2 Å². The van der Waals surface area contributed by atoms with Crippen molar-refractivity contribution in [3.63, 3.8) is 0 Å². The summed E-state index contributed by atoms with van der Waals surface area (Å²) in [6, 6.07) is 13.6. The molecule has 0 atom stereocenters. The van der Waals surface area contributed by atoms with E-state index in [1.54, 1.807) is 26.4 Å². The highest BCUT2D eigenvalue weighted by Gasteiger charge is 2.37. The van der Waals surface area contributed by atoms with Crippen molar-refractivity contribution in [2.24, 2.45) is 0 Å². The lowest BCUT2D eigenvalue weighted by atomic mass is 10.1. The van der Waals surface area contributed by atoms with Gasteiger partial charge in [-0.15, -0.1) is 0 Å². The number of ether oxygens (including phenoxy) is 4. The first-order valence-electron chi connectivity index (χ1n) is 14.4. The summed E-state index contributed by atoms with van der Waals surface area (Å²) in [5.74, 6) is 0.927. The van der Waals surface area contributed by atoms with E-state index in [0.29, 0.717) is 68.4 Å². The van der Waals surface area contributed by atoms with Crippen molar-refractivity contribution in [2.75, 3.05) is 47.6 Å². The van der Waals surface area contributed by atoms with Gasteiger partial charge in [-0.1, -0.05) is 51.1 Å². The van der Waals surface area contributed by atoms with Crippen molar-refractivity contribution in [3.8, 4) is 17.2 Å². The Balaban J connectivity index is 2.16. The molecule has 0 aromatic heterocycles. The lowest BCUT2D eigenvalue weighted by Crippen LogP contribution is -2.41. The van der Waals surface area contributed by atoms with Crippen LogP contribution in [0.15, 0.2) is 42.5 Å². The second-order valence-corrected chi connectivity index (χ2v) is 16.4. The lowest BCUT2D eigenvalue weighted by Gasteiger charge is -2.36. The molecule has 0 aliphatic rings. The number of esters is 1. The maximum atomic E-state index is 13.8. The molecule has 228 valence electrons. The number of methoxy groups -OCH3 is 3. The zero-order chi connectivity index (χ0) is 30.5. The molecule has 0 saturated carbocycles. The maximum Gasteiger partial charge on any atom is 0.305 e. The summed E-state index contributed by atoms with van der Waals surface area (Å²) in [7, 11) is 2.59. The van der Waals surface area contributed by atoms with E-state index in [0.717, 1.165) is 12.8 Å². The Labute approximate surface area is 247 Å². The molecule has 0 saturated heterocycles. The fourth-order valence-electron chi connectivity index (χ4n) is 4.09. The average Bonchev–Trinajstić information content (AvgIpc) is 2.95. The summed E-state index contributed by atoms with van der Waals surface area (Å²) in [6.07, 6.45) is 3.34. The number of benzene rings is 2. The minimum Gasteiger partial charge on any atom is -0.493 e. The molecule has 2 aromatic carbocycles. The lowest BCUT2D eigenvalue weighted by molar-refractivity contribution is -0.140. The van der Waals surface area contributed by atoms with Gasteiger partial charge in [0.25, 0.3) is 5.91 Å². The molecular formula is C32H49NO7Si. The van der Waals surface area contributed by atoms with Crippen LogP contribution >= 0.6 is 0 Å². The first-order chi connectivity index (χ1) is 19.4. The minimum atomic E-state index is -1.90. The Bertz CT molecular complexity index is 1070. The second-order valence-electron chi connectivity index (χ2n) is 11.6. The summed E-state index contributed by atoms with van der Waals surface area (Å²) in [4.78, 5) is 27.1. The van der Waals surface area contributed by atoms with Gasteiger partial charge in [0, 0.05) is 25.1 Å². The predicted octanol–water partition coefficient (Wildman–Crippen LogP) is 6.52. The molecule has 1 amide bonds. The van der Waals surface area contributed by atoms with E-state index >= 15 is 0 Å². The molecule has 0 bridgehead atoms. The highest BCUT2D eigenvalue weighted by atomic mass is 28.4. The first kappa shape index (κ1) is 34.2. The Morgan fingerprint density at radius 2 is 1.46 bits per heavy atom. The number of carbonyl (C=O) groups excluding carboxylic acids is 2. The van der Waals surface area contributed by atoms with Crippen LogP contribution in [0.25, 0.3) is 0 Å². The zero-order valence-corrected chi connectivity index (χ0v) is 27.2. The number of aryl methyl sites for hydroxylation is 1. The van der Waals surface area contributed by atoms with Crippen molar-refractivity contribution in [1.82, 2.24) is 4.90 Å². The summed E-state index contributed by atoms with van der Waals surface area (Å²) < 4.78 is 28.3. The Morgan fingerprint density at radius 3 is 2.02 bits per heavy atom. The second kappa shape index (κ2) is 16.4. The predicted molar refractivity (Wildman–Crippen MR) is 165 cm³/mol. The summed E-state index contributed by atoms with van der Waals surface area (Å²) in [5.41, 5.74) is 1.68. The Hall–Kier alpha value is -3.04. The van der Waals surface area contributed by atoms with Gasteiger partial charge in [-0.3, -0.25) is 9.59 Å². The number of rotatable bonds is 17. The van der Waals surface area contributed by atoms with Crippen LogP contribution in [0.3, 0.4) is 0 Å². The molecule has 0 radical (unpaired) electrons. The summed E-state index contributed by atoms with van der Waals surface area (Å²) >= 11 is 0. The molecule has 0 spiro atoms. The van der Waals surface area contributed by atoms with Gasteiger partial charge < -0.3 is 28.3 Å². The fourth-order valence-corrected chi connectivity index (χ4v) is 5.12. The maximum absolute atomic E-state index is 13.8. The van der Waals surface area contributed by atoms with Gasteiger partial charge in [-0.05, 0) is 61.5 Å². The SMILES string of the molecule is COC(=O)CCCCN(CCCc1ccccc1)C(=O)c1cc(OC)c(OCCO[Si](C)(C)C(C)(C)C)c(OC)c1. The van der Waals surface area contributed by atoms with Crippen LogP contribution in [0, 0.1) is 0 Å². The number of hydrogen-bond acceptors (Lipinski definition) is 7. The van der Waals surface area contributed by atoms with Crippen molar-refractivity contribution in [3.05, 3.63) is 53.6 Å². The average molecular weight is 588 g/mol. The molecule has 0 fully saturated rings. The van der Waals surface area contributed by atoms with Crippen molar-refractivity contribution in [1.29, 1.82) is 0 Å². The van der Waals surface area contributed by atoms with Gasteiger partial charge in [0.15, 0.2) is 19.8 Å². The van der Waals surface area contributed by atoms with E-state index in [-0.39, 0.29) is 16.9 Å². The topological polar surface area (TPSA) is 83.5 Å². The number of unbranched alkanes of at least 4 members (excludes halogenated alkanes) is 1. The molecule has 8 nitrogen and oxygen atoms in total. The van der Waals surface area contributed by atoms with Crippen LogP contribution in [-0.2, 0) is 20.4 Å². The van der Waals surface area contributed by atoms with Gasteiger partial charge in [-0.2, -0.15) is 0 Å². The van der Waals surface area contributed by atoms with Crippen molar-refractivity contribution < 1.29 is 33.0 Å². The fraction of sp³-hybridized carbons (Fsp3) is 0.562. The van der Waals surface area contributed by atoms with Crippen LogP contribution in [0.4, 0.5) is 0 Å². The van der Waals surface area contributed by atoms with Gasteiger partial charge in [0.2, 0.25) is 5.75 Å². The van der Waals surface area contributed by atoms with E-state index in [1.165, 1.54) is 12.7 Å². The third-order valence-electron chi connectivity index (χ3n) is 7.62. The third kappa shape index (κ3) is 10.7. The highest BCUT2D eigenvalue weighted by molar-refractivity contribution is 6.74. The molecule has 41 heavy (non-hydrogen) atoms. The number of hydrogen-bond donors (Lipinski definition) is 0. The zero-order valence-electron chi connectivity index (χ0n) is 26.2. The van der Waals surface area contributed by atoms with Crippen LogP contribution in [0.1, 0.15) is 62.4 Å². The van der Waals surface area contributed by atoms with E-state index in [4.69, 9.17) is 23.4 Å². The molecule has 0 heterocycles. The quantitative estimate of drug-likeness (QED) is 0.118. The van der Waals surface area contributed by atoms with Crippen LogP contribution in [0.2, 0.25) is 18.1 Å². The normalized spacial score (nSPS) is 11.6. The van der Waals surface area contributed by atoms with E-state index in [1.807, 2.05) is 23.1 Å².